The zero-order chi connectivity index (χ0) is 16.5. The van der Waals surface area contributed by atoms with Gasteiger partial charge in [0.05, 0.1) is 0 Å². The van der Waals surface area contributed by atoms with Crippen molar-refractivity contribution < 1.29 is 19.1 Å². The third-order valence-electron chi connectivity index (χ3n) is 4.43. The first-order valence-corrected chi connectivity index (χ1v) is 7.89. The second kappa shape index (κ2) is 4.51. The predicted molar refractivity (Wildman–Crippen MR) is 81.2 cm³/mol. The predicted octanol–water partition coefficient (Wildman–Crippen LogP) is 2.37. The lowest BCUT2D eigenvalue weighted by Crippen LogP contribution is -2.65. The van der Waals surface area contributed by atoms with Crippen molar-refractivity contribution in [2.45, 2.75) is 43.9 Å². The van der Waals surface area contributed by atoms with Gasteiger partial charge in [-0.1, -0.05) is 23.2 Å². The van der Waals surface area contributed by atoms with Crippen LogP contribution in [0.5, 0.6) is 0 Å². The van der Waals surface area contributed by atoms with E-state index >= 15 is 0 Å². The number of alkyl halides is 1. The average molecular weight is 349 g/mol. The van der Waals surface area contributed by atoms with Crippen LogP contribution in [0.15, 0.2) is 4.99 Å². The number of amides is 1. The number of rotatable bonds is 0. The highest BCUT2D eigenvalue weighted by Gasteiger charge is 2.69. The number of fused-ring (bicyclic) bond motifs is 1. The molecule has 2 bridgehead atoms. The van der Waals surface area contributed by atoms with Crippen LogP contribution in [0.4, 0.5) is 4.79 Å². The first-order valence-electron chi connectivity index (χ1n) is 7.13. The minimum Gasteiger partial charge on any atom is -0.449 e. The topological polar surface area (TPSA) is 68.2 Å². The van der Waals surface area contributed by atoms with Crippen molar-refractivity contribution >= 4 is 40.4 Å². The lowest BCUT2D eigenvalue weighted by Gasteiger charge is -2.50. The number of carbonyl (C=O) groups is 2. The Morgan fingerprint density at radius 1 is 1.41 bits per heavy atom. The van der Waals surface area contributed by atoms with Crippen molar-refractivity contribution in [3.63, 3.8) is 0 Å². The first-order chi connectivity index (χ1) is 9.97. The summed E-state index contributed by atoms with van der Waals surface area (Å²) >= 11 is 12.5. The zero-order valence-electron chi connectivity index (χ0n) is 12.9. The third-order valence-corrected chi connectivity index (χ3v) is 5.41. The van der Waals surface area contributed by atoms with E-state index in [1.54, 1.807) is 32.6 Å². The van der Waals surface area contributed by atoms with E-state index in [1.165, 1.54) is 0 Å². The van der Waals surface area contributed by atoms with Crippen molar-refractivity contribution in [1.29, 1.82) is 0 Å². The van der Waals surface area contributed by atoms with Crippen LogP contribution in [0.3, 0.4) is 0 Å². The Hall–Kier alpha value is -1.01. The Morgan fingerprint density at radius 3 is 2.59 bits per heavy atom. The van der Waals surface area contributed by atoms with Crippen LogP contribution < -0.4 is 0 Å². The summed E-state index contributed by atoms with van der Waals surface area (Å²) in [5.74, 6) is -1.14. The van der Waals surface area contributed by atoms with Gasteiger partial charge < -0.3 is 14.4 Å². The number of aliphatic imine (C=N–C) groups is 1. The van der Waals surface area contributed by atoms with E-state index in [1.807, 2.05) is 0 Å². The van der Waals surface area contributed by atoms with Gasteiger partial charge in [-0.05, 0) is 27.7 Å². The number of halogens is 2. The number of hydrogen-bond acceptors (Lipinski definition) is 5. The largest absolute Gasteiger partial charge is 0.449 e. The molecule has 0 N–H and O–H groups in total. The van der Waals surface area contributed by atoms with Gasteiger partial charge in [0.15, 0.2) is 5.60 Å². The molecule has 0 aromatic heterocycles. The van der Waals surface area contributed by atoms with Crippen molar-refractivity contribution in [3.05, 3.63) is 0 Å². The molecule has 0 aromatic rings. The summed E-state index contributed by atoms with van der Waals surface area (Å²) in [4.78, 5) is 28.5. The van der Waals surface area contributed by atoms with Crippen LogP contribution in [0.1, 0.15) is 27.7 Å². The van der Waals surface area contributed by atoms with Gasteiger partial charge in [-0.2, -0.15) is 0 Å². The van der Waals surface area contributed by atoms with Crippen molar-refractivity contribution in [3.8, 4) is 0 Å². The number of carbonyl (C=O) groups excluding carboxylic acids is 2. The van der Waals surface area contributed by atoms with Crippen LogP contribution in [0, 0.1) is 11.8 Å². The maximum absolute atomic E-state index is 12.3. The van der Waals surface area contributed by atoms with Gasteiger partial charge in [0.1, 0.15) is 10.8 Å². The monoisotopic (exact) mass is 348 g/mol. The Bertz CT molecular complexity index is 588. The molecule has 6 nitrogen and oxygen atoms in total. The van der Waals surface area contributed by atoms with E-state index in [4.69, 9.17) is 32.7 Å². The molecule has 1 amide bonds. The fourth-order valence-electron chi connectivity index (χ4n) is 3.29. The maximum Gasteiger partial charge on any atom is 0.410 e. The van der Waals surface area contributed by atoms with Crippen LogP contribution in [0.25, 0.3) is 0 Å². The zero-order valence-corrected chi connectivity index (χ0v) is 14.4. The summed E-state index contributed by atoms with van der Waals surface area (Å²) < 4.78 is 10.8. The van der Waals surface area contributed by atoms with Crippen molar-refractivity contribution in [1.82, 2.24) is 4.90 Å². The molecule has 2 saturated heterocycles. The van der Waals surface area contributed by atoms with Crippen molar-refractivity contribution in [2.24, 2.45) is 16.8 Å². The second-order valence-electron chi connectivity index (χ2n) is 7.17. The summed E-state index contributed by atoms with van der Waals surface area (Å²) in [6.45, 7) is 7.77. The fourth-order valence-corrected chi connectivity index (χ4v) is 3.99. The quantitative estimate of drug-likeness (QED) is 0.383. The first kappa shape index (κ1) is 15.9. The highest BCUT2D eigenvalue weighted by atomic mass is 35.5. The normalized spacial score (nSPS) is 40.2. The van der Waals surface area contributed by atoms with Gasteiger partial charge in [0.2, 0.25) is 5.00 Å². The molecule has 4 heterocycles. The smallest absolute Gasteiger partial charge is 0.410 e. The molecule has 4 unspecified atom stereocenters. The van der Waals surface area contributed by atoms with Gasteiger partial charge in [-0.25, -0.2) is 14.6 Å². The molecular weight excluding hydrogens is 331 g/mol. The van der Waals surface area contributed by atoms with Crippen LogP contribution >= 0.6 is 23.2 Å². The third kappa shape index (κ3) is 2.11. The fraction of sp³-hybridized carbons (Fsp3) is 0.786. The summed E-state index contributed by atoms with van der Waals surface area (Å²) in [5.41, 5.74) is -1.62. The SMILES string of the molecule is CC(C)(C)OC(=O)N1CC2C(C1)C1(C)OC(=O)C2(Cl)N=C1Cl. The number of nitrogens with zero attached hydrogens (tertiary/aromatic N) is 2. The second-order valence-corrected chi connectivity index (χ2v) is 8.11. The lowest BCUT2D eigenvalue weighted by molar-refractivity contribution is -0.175. The lowest BCUT2D eigenvalue weighted by atomic mass is 9.73. The molecule has 2 fully saturated rings. The maximum atomic E-state index is 12.3. The molecule has 22 heavy (non-hydrogen) atoms. The van der Waals surface area contributed by atoms with Crippen molar-refractivity contribution in [2.75, 3.05) is 13.1 Å². The molecule has 0 aliphatic carbocycles. The Kier molecular flexibility index (Phi) is 3.25. The van der Waals surface area contributed by atoms with Gasteiger partial charge in [0, 0.05) is 24.9 Å². The number of hydrogen-bond donors (Lipinski definition) is 0. The molecule has 0 aromatic carbocycles. The molecule has 0 saturated carbocycles. The highest BCUT2D eigenvalue weighted by molar-refractivity contribution is 6.68. The molecule has 4 atom stereocenters. The molecule has 4 aliphatic rings. The number of likely N-dealkylation sites (tertiary alicyclic amines) is 1. The van der Waals surface area contributed by atoms with Gasteiger partial charge >= 0.3 is 12.1 Å². The van der Waals surface area contributed by atoms with E-state index < -0.39 is 28.3 Å². The molecule has 0 spiro atoms. The average Bonchev–Trinajstić information content (AvgIpc) is 2.80. The van der Waals surface area contributed by atoms with E-state index in [9.17, 15) is 9.59 Å². The van der Waals surface area contributed by atoms with E-state index in [0.29, 0.717) is 13.1 Å². The minimum atomic E-state index is -1.55. The molecule has 8 heteroatoms. The summed E-state index contributed by atoms with van der Waals surface area (Å²) in [6.07, 6.45) is -0.436. The minimum absolute atomic E-state index is 0.175. The Labute approximate surface area is 138 Å². The number of ether oxygens (including phenoxy) is 2. The van der Waals surface area contributed by atoms with Crippen LogP contribution in [-0.2, 0) is 14.3 Å². The molecule has 4 aliphatic heterocycles. The van der Waals surface area contributed by atoms with Gasteiger partial charge in [-0.15, -0.1) is 0 Å². The Balaban J connectivity index is 1.89. The van der Waals surface area contributed by atoms with Crippen LogP contribution in [0.2, 0.25) is 0 Å². The molecular formula is C14H18Cl2N2O4. The summed E-state index contributed by atoms with van der Waals surface area (Å²) in [7, 11) is 0. The van der Waals surface area contributed by atoms with Crippen LogP contribution in [-0.4, -0.2) is 51.4 Å². The molecule has 4 rings (SSSR count). The summed E-state index contributed by atoms with van der Waals surface area (Å²) in [6, 6.07) is 0. The standard InChI is InChI=1S/C14H18Cl2N2O4/c1-12(2,3)22-11(20)18-5-7-8(6-18)14(16)10(19)21-13(7,4)9(15)17-14/h7-8H,5-6H2,1-4H3. The highest BCUT2D eigenvalue weighted by Crippen LogP contribution is 2.54. The van der Waals surface area contributed by atoms with E-state index in [2.05, 4.69) is 4.99 Å². The van der Waals surface area contributed by atoms with Gasteiger partial charge in [0.25, 0.3) is 0 Å². The van der Waals surface area contributed by atoms with E-state index in [-0.39, 0.29) is 17.0 Å². The van der Waals surface area contributed by atoms with Gasteiger partial charge in [-0.3, -0.25) is 0 Å². The molecule has 0 radical (unpaired) electrons. The van der Waals surface area contributed by atoms with E-state index in [0.717, 1.165) is 0 Å². The summed E-state index contributed by atoms with van der Waals surface area (Å²) in [5, 5.41) is 0.175. The Morgan fingerprint density at radius 2 is 2.00 bits per heavy atom. The number of esters is 1. The molecule has 122 valence electrons.